The van der Waals surface area contributed by atoms with Crippen LogP contribution in [0, 0.1) is 0 Å². The van der Waals surface area contributed by atoms with Crippen molar-refractivity contribution in [1.29, 1.82) is 0 Å². The maximum Gasteiger partial charge on any atom is 0.255 e. The second-order valence-electron chi connectivity index (χ2n) is 10.5. The third-order valence-corrected chi connectivity index (χ3v) is 8.33. The van der Waals surface area contributed by atoms with Gasteiger partial charge in [0.1, 0.15) is 17.5 Å². The molecule has 0 fully saturated rings. The van der Waals surface area contributed by atoms with Gasteiger partial charge in [0.05, 0.1) is 24.5 Å². The summed E-state index contributed by atoms with van der Waals surface area (Å²) < 4.78 is 13.6. The van der Waals surface area contributed by atoms with Crippen molar-refractivity contribution >= 4 is 29.3 Å². The molecule has 1 atom stereocenters. The zero-order chi connectivity index (χ0) is 31.0. The molecule has 1 aliphatic rings. The molecule has 6 rings (SSSR count). The molecule has 0 spiro atoms. The van der Waals surface area contributed by atoms with Crippen LogP contribution in [0.2, 0.25) is 0 Å². The van der Waals surface area contributed by atoms with Crippen LogP contribution in [0.4, 0.5) is 11.6 Å². The molecule has 0 bridgehead atoms. The number of thioether (sulfide) groups is 1. The summed E-state index contributed by atoms with van der Waals surface area (Å²) in [6.07, 6.45) is 0.818. The predicted molar refractivity (Wildman–Crippen MR) is 179 cm³/mol. The molecular formula is C36H35N5O3S. The maximum absolute atomic E-state index is 14.0. The lowest BCUT2D eigenvalue weighted by Crippen LogP contribution is -2.31. The van der Waals surface area contributed by atoms with Gasteiger partial charge in [-0.2, -0.15) is 4.98 Å². The third-order valence-electron chi connectivity index (χ3n) is 7.42. The molecule has 1 amide bonds. The van der Waals surface area contributed by atoms with Crippen LogP contribution >= 0.6 is 11.8 Å². The van der Waals surface area contributed by atoms with Gasteiger partial charge in [-0.3, -0.25) is 4.79 Å². The van der Waals surface area contributed by atoms with E-state index in [1.54, 1.807) is 16.4 Å². The maximum atomic E-state index is 14.0. The Hall–Kier alpha value is -5.02. The van der Waals surface area contributed by atoms with Crippen molar-refractivity contribution in [3.63, 3.8) is 0 Å². The van der Waals surface area contributed by atoms with E-state index in [1.807, 2.05) is 98.8 Å². The average Bonchev–Trinajstić information content (AvgIpc) is 3.48. The molecule has 5 aromatic rings. The number of rotatable bonds is 12. The summed E-state index contributed by atoms with van der Waals surface area (Å²) in [5.41, 5.74) is 5.15. The molecule has 0 saturated heterocycles. The van der Waals surface area contributed by atoms with Gasteiger partial charge in [-0.1, -0.05) is 96.7 Å². The van der Waals surface area contributed by atoms with Gasteiger partial charge in [0.2, 0.25) is 11.1 Å². The molecule has 2 heterocycles. The molecule has 4 aromatic carbocycles. The van der Waals surface area contributed by atoms with E-state index in [0.717, 1.165) is 23.5 Å². The fraction of sp³-hybridized carbons (Fsp3) is 0.194. The van der Waals surface area contributed by atoms with Gasteiger partial charge in [-0.05, 0) is 54.8 Å². The van der Waals surface area contributed by atoms with Crippen molar-refractivity contribution in [3.8, 4) is 11.5 Å². The lowest BCUT2D eigenvalue weighted by atomic mass is 9.95. The van der Waals surface area contributed by atoms with E-state index >= 15 is 0 Å². The van der Waals surface area contributed by atoms with E-state index in [2.05, 4.69) is 34.9 Å². The fourth-order valence-corrected chi connectivity index (χ4v) is 6.02. The Morgan fingerprint density at radius 3 is 2.31 bits per heavy atom. The number of nitrogens with one attached hydrogen (secondary N) is 2. The van der Waals surface area contributed by atoms with Gasteiger partial charge < -0.3 is 20.1 Å². The second kappa shape index (κ2) is 14.2. The lowest BCUT2D eigenvalue weighted by Gasteiger charge is -2.29. The van der Waals surface area contributed by atoms with E-state index in [0.29, 0.717) is 47.0 Å². The van der Waals surface area contributed by atoms with Crippen LogP contribution in [0.25, 0.3) is 0 Å². The summed E-state index contributed by atoms with van der Waals surface area (Å²) in [5, 5.41) is 11.9. The van der Waals surface area contributed by atoms with E-state index in [4.69, 9.17) is 19.6 Å². The van der Waals surface area contributed by atoms with Crippen molar-refractivity contribution in [3.05, 3.63) is 137 Å². The van der Waals surface area contributed by atoms with Crippen LogP contribution in [-0.2, 0) is 17.0 Å². The molecule has 9 heteroatoms. The summed E-state index contributed by atoms with van der Waals surface area (Å²) in [5.74, 6) is 2.45. The monoisotopic (exact) mass is 617 g/mol. The highest BCUT2D eigenvalue weighted by atomic mass is 32.2. The Morgan fingerprint density at radius 2 is 1.58 bits per heavy atom. The Kier molecular flexibility index (Phi) is 9.46. The summed E-state index contributed by atoms with van der Waals surface area (Å²) >= 11 is 1.56. The van der Waals surface area contributed by atoms with Gasteiger partial charge in [-0.25, -0.2) is 4.68 Å². The topological polar surface area (TPSA) is 90.3 Å². The smallest absolute Gasteiger partial charge is 0.255 e. The number of para-hydroxylation sites is 2. The number of allylic oxidation sites excluding steroid dienone is 1. The Labute approximate surface area is 267 Å². The largest absolute Gasteiger partial charge is 0.493 e. The standard InChI is InChI=1S/C36H35N5O3S/c1-3-43-31-17-11-10-16-30(31)38-34(42)32-25(2)37-35-39-36(45-24-27-14-8-5-9-15-27)40-41(35)33(32)28-18-20-29(21-19-28)44-23-22-26-12-6-4-7-13-26/h4-21,33H,3,22-24H2,1-2H3,(H,38,42)(H,37,39,40). The summed E-state index contributed by atoms with van der Waals surface area (Å²) in [7, 11) is 0. The first-order valence-electron chi connectivity index (χ1n) is 15.0. The second-order valence-corrected chi connectivity index (χ2v) is 11.5. The van der Waals surface area contributed by atoms with Crippen LogP contribution in [-0.4, -0.2) is 33.9 Å². The summed E-state index contributed by atoms with van der Waals surface area (Å²) in [6, 6.07) is 35.3. The Balaban J connectivity index is 1.28. The highest BCUT2D eigenvalue weighted by molar-refractivity contribution is 7.98. The highest BCUT2D eigenvalue weighted by Crippen LogP contribution is 2.38. The van der Waals surface area contributed by atoms with Crippen LogP contribution < -0.4 is 20.1 Å². The van der Waals surface area contributed by atoms with E-state index in [1.165, 1.54) is 11.1 Å². The van der Waals surface area contributed by atoms with Gasteiger partial charge in [0, 0.05) is 17.9 Å². The fourth-order valence-electron chi connectivity index (χ4n) is 5.24. The minimum absolute atomic E-state index is 0.250. The molecule has 228 valence electrons. The molecule has 0 aliphatic carbocycles. The number of nitrogens with zero attached hydrogens (tertiary/aromatic N) is 3. The van der Waals surface area contributed by atoms with Crippen molar-refractivity contribution in [1.82, 2.24) is 14.8 Å². The molecule has 0 saturated carbocycles. The SMILES string of the molecule is CCOc1ccccc1NC(=O)C1=C(C)Nc2nc(SCc3ccccc3)nn2C1c1ccc(OCCc2ccccc2)cc1. The summed E-state index contributed by atoms with van der Waals surface area (Å²) in [6.45, 7) is 4.87. The van der Waals surface area contributed by atoms with Crippen LogP contribution in [0.3, 0.4) is 0 Å². The van der Waals surface area contributed by atoms with Crippen LogP contribution in [0.1, 0.15) is 36.6 Å². The first kappa shape index (κ1) is 30.0. The van der Waals surface area contributed by atoms with Crippen molar-refractivity contribution in [2.45, 2.75) is 37.2 Å². The zero-order valence-corrected chi connectivity index (χ0v) is 26.1. The molecule has 1 aliphatic heterocycles. The number of carbonyl (C=O) groups excluding carboxylic acids is 1. The normalized spacial score (nSPS) is 14.0. The number of amides is 1. The van der Waals surface area contributed by atoms with Crippen LogP contribution in [0.5, 0.6) is 11.5 Å². The van der Waals surface area contributed by atoms with Gasteiger partial charge >= 0.3 is 0 Å². The van der Waals surface area contributed by atoms with Crippen molar-refractivity contribution in [2.75, 3.05) is 23.8 Å². The quantitative estimate of drug-likeness (QED) is 0.140. The molecule has 45 heavy (non-hydrogen) atoms. The number of benzene rings is 4. The minimum atomic E-state index is -0.516. The molecular weight excluding hydrogens is 582 g/mol. The number of fused-ring (bicyclic) bond motifs is 1. The van der Waals surface area contributed by atoms with E-state index in [-0.39, 0.29) is 5.91 Å². The zero-order valence-electron chi connectivity index (χ0n) is 25.3. The summed E-state index contributed by atoms with van der Waals surface area (Å²) in [4.78, 5) is 18.8. The van der Waals surface area contributed by atoms with Crippen LogP contribution in [0.15, 0.2) is 126 Å². The molecule has 1 aromatic heterocycles. The molecule has 0 radical (unpaired) electrons. The highest BCUT2D eigenvalue weighted by Gasteiger charge is 2.34. The average molecular weight is 618 g/mol. The van der Waals surface area contributed by atoms with E-state index < -0.39 is 6.04 Å². The lowest BCUT2D eigenvalue weighted by molar-refractivity contribution is -0.113. The Bertz CT molecular complexity index is 1770. The van der Waals surface area contributed by atoms with Crippen molar-refractivity contribution in [2.24, 2.45) is 0 Å². The van der Waals surface area contributed by atoms with E-state index in [9.17, 15) is 4.79 Å². The molecule has 2 N–H and O–H groups in total. The Morgan fingerprint density at radius 1 is 0.889 bits per heavy atom. The number of anilines is 2. The minimum Gasteiger partial charge on any atom is -0.493 e. The predicted octanol–water partition coefficient (Wildman–Crippen LogP) is 7.52. The number of hydrogen-bond donors (Lipinski definition) is 2. The van der Waals surface area contributed by atoms with Gasteiger partial charge in [0.25, 0.3) is 5.91 Å². The molecule has 1 unspecified atom stereocenters. The first-order chi connectivity index (χ1) is 22.1. The molecule has 8 nitrogen and oxygen atoms in total. The van der Waals surface area contributed by atoms with Gasteiger partial charge in [-0.15, -0.1) is 5.10 Å². The number of aromatic nitrogens is 3. The number of ether oxygens (including phenoxy) is 2. The first-order valence-corrected chi connectivity index (χ1v) is 16.0. The number of carbonyl (C=O) groups is 1. The van der Waals surface area contributed by atoms with Crippen molar-refractivity contribution < 1.29 is 14.3 Å². The third kappa shape index (κ3) is 7.21. The van der Waals surface area contributed by atoms with Gasteiger partial charge in [0.15, 0.2) is 0 Å². The number of hydrogen-bond acceptors (Lipinski definition) is 7.